The average Bonchev–Trinajstić information content (AvgIpc) is 2.94. The summed E-state index contributed by atoms with van der Waals surface area (Å²) < 4.78 is 7.72. The summed E-state index contributed by atoms with van der Waals surface area (Å²) in [4.78, 5) is 21.3. The summed E-state index contributed by atoms with van der Waals surface area (Å²) in [7, 11) is 2.02. The molecule has 2 heterocycles. The van der Waals surface area contributed by atoms with Gasteiger partial charge < -0.3 is 14.2 Å². The van der Waals surface area contributed by atoms with Crippen molar-refractivity contribution in [2.45, 2.75) is 13.0 Å². The van der Waals surface area contributed by atoms with Gasteiger partial charge >= 0.3 is 0 Å². The molecule has 1 aromatic carbocycles. The van der Waals surface area contributed by atoms with Crippen molar-refractivity contribution in [3.8, 4) is 5.75 Å². The molecular formula is C20H28N4O2S. The minimum atomic E-state index is 0.235. The van der Waals surface area contributed by atoms with Gasteiger partial charge in [-0.1, -0.05) is 18.2 Å². The van der Waals surface area contributed by atoms with E-state index >= 15 is 0 Å². The van der Waals surface area contributed by atoms with E-state index in [-0.39, 0.29) is 5.91 Å². The number of para-hydroxylation sites is 1. The highest BCUT2D eigenvalue weighted by Gasteiger charge is 2.19. The second-order valence-electron chi connectivity index (χ2n) is 6.68. The van der Waals surface area contributed by atoms with Crippen molar-refractivity contribution in [3.05, 3.63) is 48.5 Å². The van der Waals surface area contributed by atoms with E-state index < -0.39 is 0 Å². The Kier molecular flexibility index (Phi) is 7.59. The average molecular weight is 389 g/mol. The Morgan fingerprint density at radius 2 is 2.04 bits per heavy atom. The van der Waals surface area contributed by atoms with E-state index in [1.54, 1.807) is 11.8 Å². The summed E-state index contributed by atoms with van der Waals surface area (Å²) in [6, 6.07) is 9.79. The number of imidazole rings is 1. The number of carbonyl (C=O) groups is 1. The third kappa shape index (κ3) is 6.29. The number of aromatic nitrogens is 2. The van der Waals surface area contributed by atoms with Crippen LogP contribution in [0.1, 0.15) is 12.2 Å². The van der Waals surface area contributed by atoms with E-state index in [1.807, 2.05) is 54.7 Å². The molecular weight excluding hydrogens is 360 g/mol. The summed E-state index contributed by atoms with van der Waals surface area (Å²) >= 11 is 1.64. The van der Waals surface area contributed by atoms with Crippen molar-refractivity contribution >= 4 is 17.7 Å². The van der Waals surface area contributed by atoms with E-state index in [2.05, 4.69) is 14.5 Å². The fourth-order valence-corrected chi connectivity index (χ4v) is 3.82. The standard InChI is InChI=1S/C20H28N4O2S/c1-22-11-8-21-19(22)16-23-9-5-10-24(13-12-23)20(25)17-27-15-14-26-18-6-3-2-4-7-18/h2-4,6-8,11H,5,9-10,12-17H2,1H3. The number of aryl methyl sites for hydroxylation is 1. The van der Waals surface area contributed by atoms with Crippen molar-refractivity contribution in [2.75, 3.05) is 44.3 Å². The van der Waals surface area contributed by atoms with Crippen molar-refractivity contribution < 1.29 is 9.53 Å². The number of nitrogens with zero attached hydrogens (tertiary/aromatic N) is 4. The Hall–Kier alpha value is -1.99. The molecule has 0 spiro atoms. The third-order valence-electron chi connectivity index (χ3n) is 4.69. The van der Waals surface area contributed by atoms with Gasteiger partial charge in [-0.25, -0.2) is 4.98 Å². The van der Waals surface area contributed by atoms with E-state index in [1.165, 1.54) is 0 Å². The lowest BCUT2D eigenvalue weighted by Crippen LogP contribution is -2.36. The van der Waals surface area contributed by atoms with Gasteiger partial charge in [-0.15, -0.1) is 11.8 Å². The molecule has 0 atom stereocenters. The fourth-order valence-electron chi connectivity index (χ4n) is 3.11. The number of thioether (sulfide) groups is 1. The molecule has 1 aliphatic heterocycles. The van der Waals surface area contributed by atoms with Gasteiger partial charge in [-0.3, -0.25) is 9.69 Å². The maximum Gasteiger partial charge on any atom is 0.232 e. The summed E-state index contributed by atoms with van der Waals surface area (Å²) in [6.45, 7) is 5.02. The highest BCUT2D eigenvalue weighted by atomic mass is 32.2. The van der Waals surface area contributed by atoms with E-state index in [0.29, 0.717) is 12.4 Å². The van der Waals surface area contributed by atoms with Crippen LogP contribution < -0.4 is 4.74 Å². The first-order valence-corrected chi connectivity index (χ1v) is 10.6. The second kappa shape index (κ2) is 10.4. The molecule has 27 heavy (non-hydrogen) atoms. The van der Waals surface area contributed by atoms with E-state index in [4.69, 9.17) is 4.74 Å². The number of benzene rings is 1. The molecule has 6 nitrogen and oxygen atoms in total. The molecule has 0 bridgehead atoms. The molecule has 1 aliphatic rings. The highest BCUT2D eigenvalue weighted by molar-refractivity contribution is 7.99. The Morgan fingerprint density at radius 1 is 1.19 bits per heavy atom. The fraction of sp³-hybridized carbons (Fsp3) is 0.500. The predicted octanol–water partition coefficient (Wildman–Crippen LogP) is 2.27. The van der Waals surface area contributed by atoms with Crippen LogP contribution in [0.15, 0.2) is 42.7 Å². The molecule has 3 rings (SSSR count). The predicted molar refractivity (Wildman–Crippen MR) is 109 cm³/mol. The summed E-state index contributed by atoms with van der Waals surface area (Å²) in [5.74, 6) is 3.53. The number of amides is 1. The van der Waals surface area contributed by atoms with Crippen molar-refractivity contribution in [1.82, 2.24) is 19.4 Å². The first-order chi connectivity index (χ1) is 13.2. The van der Waals surface area contributed by atoms with Crippen molar-refractivity contribution in [3.63, 3.8) is 0 Å². The van der Waals surface area contributed by atoms with Crippen molar-refractivity contribution in [2.24, 2.45) is 7.05 Å². The zero-order valence-corrected chi connectivity index (χ0v) is 16.7. The maximum atomic E-state index is 12.5. The molecule has 1 amide bonds. The normalized spacial score (nSPS) is 15.5. The SMILES string of the molecule is Cn1ccnc1CN1CCCN(C(=O)CSCCOc2ccccc2)CC1. The molecule has 0 radical (unpaired) electrons. The van der Waals surface area contributed by atoms with Gasteiger partial charge in [-0.05, 0) is 18.6 Å². The summed E-state index contributed by atoms with van der Waals surface area (Å²) in [6.07, 6.45) is 4.82. The van der Waals surface area contributed by atoms with Crippen LogP contribution >= 0.6 is 11.8 Å². The Morgan fingerprint density at radius 3 is 2.81 bits per heavy atom. The van der Waals surface area contributed by atoms with Crippen molar-refractivity contribution in [1.29, 1.82) is 0 Å². The van der Waals surface area contributed by atoms with Crippen LogP contribution in [0.4, 0.5) is 0 Å². The molecule has 1 fully saturated rings. The number of hydrogen-bond acceptors (Lipinski definition) is 5. The smallest absolute Gasteiger partial charge is 0.232 e. The second-order valence-corrected chi connectivity index (χ2v) is 7.78. The van der Waals surface area contributed by atoms with Gasteiger partial charge in [0.2, 0.25) is 5.91 Å². The third-order valence-corrected chi connectivity index (χ3v) is 5.60. The van der Waals surface area contributed by atoms with Gasteiger partial charge in [0.05, 0.1) is 18.9 Å². The Bertz CT molecular complexity index is 707. The molecule has 0 unspecified atom stereocenters. The first kappa shape index (κ1) is 19.8. The molecule has 0 aliphatic carbocycles. The summed E-state index contributed by atoms with van der Waals surface area (Å²) in [5, 5.41) is 0. The van der Waals surface area contributed by atoms with E-state index in [0.717, 1.165) is 56.5 Å². The minimum Gasteiger partial charge on any atom is -0.493 e. The largest absolute Gasteiger partial charge is 0.493 e. The summed E-state index contributed by atoms with van der Waals surface area (Å²) in [5.41, 5.74) is 0. The topological polar surface area (TPSA) is 50.6 Å². The lowest BCUT2D eigenvalue weighted by Gasteiger charge is -2.21. The number of carbonyl (C=O) groups excluding carboxylic acids is 1. The van der Waals surface area contributed by atoms with Gasteiger partial charge in [-0.2, -0.15) is 0 Å². The van der Waals surface area contributed by atoms with Crippen LogP contribution in [0.3, 0.4) is 0 Å². The quantitative estimate of drug-likeness (QED) is 0.650. The van der Waals surface area contributed by atoms with Crippen LogP contribution in [0.5, 0.6) is 5.75 Å². The zero-order chi connectivity index (χ0) is 18.9. The molecule has 0 N–H and O–H groups in total. The molecule has 1 aromatic heterocycles. The van der Waals surface area contributed by atoms with Crippen LogP contribution in [0.25, 0.3) is 0 Å². The highest BCUT2D eigenvalue weighted by Crippen LogP contribution is 2.12. The minimum absolute atomic E-state index is 0.235. The lowest BCUT2D eigenvalue weighted by atomic mass is 10.3. The Balaban J connectivity index is 1.33. The van der Waals surface area contributed by atoms with Gasteiger partial charge in [0.1, 0.15) is 11.6 Å². The molecule has 7 heteroatoms. The Labute approximate surface area is 165 Å². The van der Waals surface area contributed by atoms with Crippen LogP contribution in [-0.4, -0.2) is 69.5 Å². The van der Waals surface area contributed by atoms with Crippen LogP contribution in [-0.2, 0) is 18.4 Å². The number of ether oxygens (including phenoxy) is 1. The number of hydrogen-bond donors (Lipinski definition) is 0. The lowest BCUT2D eigenvalue weighted by molar-refractivity contribution is -0.128. The molecule has 1 saturated heterocycles. The van der Waals surface area contributed by atoms with Gasteiger partial charge in [0.25, 0.3) is 0 Å². The van der Waals surface area contributed by atoms with E-state index in [9.17, 15) is 4.79 Å². The first-order valence-electron chi connectivity index (χ1n) is 9.44. The maximum absolute atomic E-state index is 12.5. The van der Waals surface area contributed by atoms with Crippen LogP contribution in [0, 0.1) is 0 Å². The molecule has 0 saturated carbocycles. The van der Waals surface area contributed by atoms with Crippen LogP contribution in [0.2, 0.25) is 0 Å². The molecule has 146 valence electrons. The zero-order valence-electron chi connectivity index (χ0n) is 15.9. The van der Waals surface area contributed by atoms with Gasteiger partial charge in [0.15, 0.2) is 0 Å². The van der Waals surface area contributed by atoms with Gasteiger partial charge in [0, 0.05) is 51.4 Å². The monoisotopic (exact) mass is 388 g/mol. The number of rotatable bonds is 8. The molecule has 2 aromatic rings.